The standard InChI is InChI=1S/C42H48N4O10S/c1-18-11-21-12-26-39(50)46-27-15-53-40(51)42(36-24(13-22(14-47)44-42)23-9-7-8-10-25(23)43-36)16-57-35(30(46)37(45(26)5)41(21,4)38(49)31(18)52-6)29-28(27)34-33(54-17-55-34)19(2)32(29)56-20(3)48/h7-11,21-22,26-27,30,35,37,39,43-44,47,49-50H,12-17H2,1-6H3/t21-,22-,26-,27-,30-,35+,37?,39-,41?,42+/m0/s1. The maximum absolute atomic E-state index is 15.0. The summed E-state index contributed by atoms with van der Waals surface area (Å²) < 4.78 is 30.8. The zero-order valence-electron chi connectivity index (χ0n) is 32.8. The molecule has 4 bridgehead atoms. The van der Waals surface area contributed by atoms with Crippen LogP contribution in [-0.4, -0.2) is 112 Å². The summed E-state index contributed by atoms with van der Waals surface area (Å²) in [5.41, 5.74) is 2.96. The van der Waals surface area contributed by atoms with Crippen LogP contribution in [0.3, 0.4) is 0 Å². The number of para-hydroxylation sites is 1. The van der Waals surface area contributed by atoms with E-state index in [1.165, 1.54) is 18.7 Å². The van der Waals surface area contributed by atoms with Gasteiger partial charge in [-0.05, 0) is 56.9 Å². The Morgan fingerprint density at radius 2 is 1.91 bits per heavy atom. The Morgan fingerprint density at radius 3 is 2.67 bits per heavy atom. The van der Waals surface area contributed by atoms with Crippen molar-refractivity contribution in [2.24, 2.45) is 11.3 Å². The molecule has 0 radical (unpaired) electrons. The van der Waals surface area contributed by atoms with Gasteiger partial charge in [0.1, 0.15) is 24.3 Å². The van der Waals surface area contributed by atoms with Crippen LogP contribution in [0.5, 0.6) is 17.2 Å². The summed E-state index contributed by atoms with van der Waals surface area (Å²) in [6, 6.07) is 5.34. The second-order valence-corrected chi connectivity index (χ2v) is 18.0. The zero-order chi connectivity index (χ0) is 39.9. The number of thioether (sulfide) groups is 1. The van der Waals surface area contributed by atoms with Crippen molar-refractivity contribution < 1.29 is 48.6 Å². The highest BCUT2D eigenvalue weighted by atomic mass is 32.2. The number of fused-ring (bicyclic) bond motifs is 11. The fourth-order valence-corrected chi connectivity index (χ4v) is 13.3. The quantitative estimate of drug-likeness (QED) is 0.190. The normalized spacial score (nSPS) is 35.6. The maximum Gasteiger partial charge on any atom is 0.333 e. The van der Waals surface area contributed by atoms with Crippen LogP contribution in [0, 0.1) is 18.3 Å². The number of H-pyrrole nitrogens is 1. The van der Waals surface area contributed by atoms with E-state index in [0.717, 1.165) is 22.0 Å². The summed E-state index contributed by atoms with van der Waals surface area (Å²) in [5.74, 6) is 0.785. The molecule has 8 aliphatic rings. The molecule has 3 aromatic rings. The van der Waals surface area contributed by atoms with Crippen molar-refractivity contribution >= 4 is 34.6 Å². The molecule has 1 aromatic heterocycles. The van der Waals surface area contributed by atoms with E-state index in [9.17, 15) is 24.9 Å². The summed E-state index contributed by atoms with van der Waals surface area (Å²) in [7, 11) is 3.57. The minimum Gasteiger partial charge on any atom is -0.508 e. The molecule has 14 nitrogen and oxygen atoms in total. The molecule has 2 unspecified atom stereocenters. The molecule has 0 amide bonds. The van der Waals surface area contributed by atoms with Crippen molar-refractivity contribution in [3.63, 3.8) is 0 Å². The van der Waals surface area contributed by atoms with E-state index in [4.69, 9.17) is 23.7 Å². The van der Waals surface area contributed by atoms with Gasteiger partial charge in [-0.1, -0.05) is 31.2 Å². The number of piperidine rings is 1. The highest BCUT2D eigenvalue weighted by Crippen LogP contribution is 2.65. The molecule has 15 heteroatoms. The summed E-state index contributed by atoms with van der Waals surface area (Å²) in [6.45, 7) is 6.77. The van der Waals surface area contributed by atoms with E-state index in [0.29, 0.717) is 58.2 Å². The number of aromatic amines is 1. The van der Waals surface area contributed by atoms with Gasteiger partial charge in [0.05, 0.1) is 36.1 Å². The molecule has 0 saturated carbocycles. The van der Waals surface area contributed by atoms with Gasteiger partial charge in [-0.2, -0.15) is 0 Å². The Hall–Kier alpha value is -4.25. The molecule has 8 heterocycles. The van der Waals surface area contributed by atoms with Crippen molar-refractivity contribution in [2.45, 2.75) is 87.8 Å². The average Bonchev–Trinajstić information content (AvgIpc) is 3.83. The minimum absolute atomic E-state index is 0.0565. The van der Waals surface area contributed by atoms with E-state index in [1.807, 2.05) is 45.2 Å². The number of carbonyl (C=O) groups excluding carboxylic acids is 2. The summed E-state index contributed by atoms with van der Waals surface area (Å²) >= 11 is 1.50. The number of aromatic nitrogens is 1. The van der Waals surface area contributed by atoms with E-state index >= 15 is 0 Å². The van der Waals surface area contributed by atoms with Gasteiger partial charge in [-0.25, -0.2) is 4.79 Å². The number of piperazine rings is 1. The summed E-state index contributed by atoms with van der Waals surface area (Å²) in [5, 5.41) is 39.7. The van der Waals surface area contributed by atoms with Crippen LogP contribution in [0.25, 0.3) is 10.9 Å². The number of esters is 2. The smallest absolute Gasteiger partial charge is 0.333 e. The second kappa shape index (κ2) is 12.9. The third-order valence-corrected chi connectivity index (χ3v) is 15.5. The van der Waals surface area contributed by atoms with Gasteiger partial charge in [0.25, 0.3) is 0 Å². The van der Waals surface area contributed by atoms with E-state index in [2.05, 4.69) is 33.1 Å². The molecule has 1 spiro atoms. The second-order valence-electron chi connectivity index (χ2n) is 16.8. The SMILES string of the molecule is COC1=C(O)C2(C)C3[C@@H]4[C@@H]5SC[C@]6(N[C@H](CO)Cc7c6[nH]c6ccccc76)C(=O)OC[C@@H](c6c7c(c(C)c(OC(C)=O)c65)OCO7)N4[C@@H](O)[C@H](C[C@@H]2C=C1C)N3C. The molecule has 7 aliphatic heterocycles. The lowest BCUT2D eigenvalue weighted by Gasteiger charge is -2.67. The van der Waals surface area contributed by atoms with Gasteiger partial charge >= 0.3 is 11.9 Å². The third-order valence-electron chi connectivity index (χ3n) is 14.1. The van der Waals surface area contributed by atoms with Gasteiger partial charge < -0.3 is 44.0 Å². The van der Waals surface area contributed by atoms with Crippen LogP contribution < -0.4 is 19.5 Å². The van der Waals surface area contributed by atoms with Crippen LogP contribution in [0.15, 0.2) is 47.4 Å². The lowest BCUT2D eigenvalue weighted by Crippen LogP contribution is -2.77. The topological polar surface area (TPSA) is 175 Å². The fourth-order valence-electron chi connectivity index (χ4n) is 11.6. The molecular weight excluding hydrogens is 753 g/mol. The lowest BCUT2D eigenvalue weighted by molar-refractivity contribution is -0.222. The number of rotatable bonds is 3. The number of benzene rings is 2. The molecule has 11 rings (SSSR count). The number of aliphatic hydroxyl groups is 3. The number of ether oxygens (including phenoxy) is 5. The van der Waals surface area contributed by atoms with E-state index in [1.54, 1.807) is 7.11 Å². The number of nitrogens with one attached hydrogen (secondary N) is 2. The largest absolute Gasteiger partial charge is 0.508 e. The molecule has 5 N–H and O–H groups in total. The van der Waals surface area contributed by atoms with Crippen LogP contribution >= 0.6 is 11.8 Å². The van der Waals surface area contributed by atoms with Crippen molar-refractivity contribution in [3.8, 4) is 17.2 Å². The Balaban J connectivity index is 1.24. The molecule has 3 saturated heterocycles. The average molecular weight is 801 g/mol. The Kier molecular flexibility index (Phi) is 8.37. The van der Waals surface area contributed by atoms with Crippen molar-refractivity contribution in [1.29, 1.82) is 0 Å². The van der Waals surface area contributed by atoms with Crippen molar-refractivity contribution in [2.75, 3.05) is 39.9 Å². The Bertz CT molecular complexity index is 2310. The lowest BCUT2D eigenvalue weighted by atomic mass is 9.56. The Labute approximate surface area is 334 Å². The monoisotopic (exact) mass is 800 g/mol. The first-order valence-electron chi connectivity index (χ1n) is 19.6. The van der Waals surface area contributed by atoms with Crippen LogP contribution in [0.4, 0.5) is 0 Å². The molecule has 302 valence electrons. The van der Waals surface area contributed by atoms with Crippen LogP contribution in [-0.2, 0) is 31.0 Å². The molecule has 57 heavy (non-hydrogen) atoms. The van der Waals surface area contributed by atoms with Crippen molar-refractivity contribution in [3.05, 3.63) is 75.4 Å². The number of hydrogen-bond acceptors (Lipinski definition) is 14. The Morgan fingerprint density at radius 1 is 1.14 bits per heavy atom. The first-order chi connectivity index (χ1) is 27.3. The van der Waals surface area contributed by atoms with Crippen LogP contribution in [0.1, 0.15) is 66.4 Å². The first kappa shape index (κ1) is 37.0. The number of hydrogen-bond donors (Lipinski definition) is 5. The number of methoxy groups -OCH3 is 1. The molecule has 10 atom stereocenters. The van der Waals surface area contributed by atoms with Gasteiger partial charge in [0.2, 0.25) is 6.79 Å². The highest BCUT2D eigenvalue weighted by Gasteiger charge is 2.67. The van der Waals surface area contributed by atoms with Gasteiger partial charge in [-0.15, -0.1) is 11.8 Å². The fraction of sp³-hybridized carbons (Fsp3) is 0.524. The van der Waals surface area contributed by atoms with Gasteiger partial charge in [0, 0.05) is 64.4 Å². The molecule has 1 aliphatic carbocycles. The number of nitrogens with zero attached hydrogens (tertiary/aromatic N) is 2. The summed E-state index contributed by atoms with van der Waals surface area (Å²) in [6.07, 6.45) is 2.18. The number of aliphatic hydroxyl groups excluding tert-OH is 3. The zero-order valence-corrected chi connectivity index (χ0v) is 33.6. The third kappa shape index (κ3) is 4.84. The predicted octanol–water partition coefficient (Wildman–Crippen LogP) is 3.99. The first-order valence-corrected chi connectivity index (χ1v) is 20.7. The molecule has 2 aromatic carbocycles. The minimum atomic E-state index is -1.42. The van der Waals surface area contributed by atoms with Gasteiger partial charge in [-0.3, -0.25) is 19.9 Å². The maximum atomic E-state index is 15.0. The summed E-state index contributed by atoms with van der Waals surface area (Å²) in [4.78, 5) is 35.8. The molecule has 3 fully saturated rings. The highest BCUT2D eigenvalue weighted by molar-refractivity contribution is 7.99. The molecular formula is C42H48N4O10S. The number of likely N-dealkylation sites (N-methyl/N-ethyl adjacent to an activating group) is 1. The van der Waals surface area contributed by atoms with Crippen LogP contribution in [0.2, 0.25) is 0 Å². The number of carbonyl (C=O) groups is 2. The van der Waals surface area contributed by atoms with E-state index < -0.39 is 58.5 Å². The van der Waals surface area contributed by atoms with Crippen molar-refractivity contribution in [1.82, 2.24) is 20.1 Å². The van der Waals surface area contributed by atoms with Gasteiger partial charge in [0.15, 0.2) is 22.8 Å². The van der Waals surface area contributed by atoms with E-state index in [-0.39, 0.29) is 43.5 Å². The predicted molar refractivity (Wildman–Crippen MR) is 209 cm³/mol. The number of allylic oxidation sites excluding steroid dienone is 2.